The second-order valence-corrected chi connectivity index (χ2v) is 9.56. The number of ether oxygens (including phenoxy) is 1. The number of rotatable bonds is 9. The van der Waals surface area contributed by atoms with Crippen LogP contribution in [-0.4, -0.2) is 27.0 Å². The first-order valence-corrected chi connectivity index (χ1v) is 11.9. The van der Waals surface area contributed by atoms with Crippen molar-refractivity contribution in [2.45, 2.75) is 38.3 Å². The van der Waals surface area contributed by atoms with Crippen molar-refractivity contribution in [2.24, 2.45) is 0 Å². The van der Waals surface area contributed by atoms with E-state index < -0.39 is 15.9 Å². The average Bonchev–Trinajstić information content (AvgIpc) is 2.78. The van der Waals surface area contributed by atoms with Crippen LogP contribution < -0.4 is 14.4 Å². The van der Waals surface area contributed by atoms with E-state index in [0.717, 1.165) is 21.2 Å². The van der Waals surface area contributed by atoms with E-state index in [1.54, 1.807) is 30.3 Å². The Morgan fingerprint density at radius 1 is 0.938 bits per heavy atom. The van der Waals surface area contributed by atoms with Crippen LogP contribution in [-0.2, 0) is 21.4 Å². The highest BCUT2D eigenvalue weighted by atomic mass is 32.2. The smallest absolute Gasteiger partial charge is 0.264 e. The highest BCUT2D eigenvalue weighted by molar-refractivity contribution is 7.92. The van der Waals surface area contributed by atoms with Gasteiger partial charge in [0.2, 0.25) is 5.91 Å². The zero-order valence-electron chi connectivity index (χ0n) is 18.5. The van der Waals surface area contributed by atoms with E-state index in [2.05, 4.69) is 5.32 Å². The summed E-state index contributed by atoms with van der Waals surface area (Å²) < 4.78 is 33.5. The Morgan fingerprint density at radius 3 is 2.19 bits per heavy atom. The summed E-state index contributed by atoms with van der Waals surface area (Å²) in [5.74, 6) is 0.366. The van der Waals surface area contributed by atoms with E-state index in [1.807, 2.05) is 57.2 Å². The van der Waals surface area contributed by atoms with Crippen LogP contribution in [0.3, 0.4) is 0 Å². The van der Waals surface area contributed by atoms with Crippen molar-refractivity contribution in [1.29, 1.82) is 0 Å². The molecule has 6 nitrogen and oxygen atoms in total. The molecule has 3 aromatic rings. The number of carbonyl (C=O) groups excluding carboxylic acids is 1. The zero-order valence-corrected chi connectivity index (χ0v) is 19.3. The normalized spacial score (nSPS) is 11.2. The molecule has 168 valence electrons. The molecule has 0 saturated heterocycles. The van der Waals surface area contributed by atoms with Crippen LogP contribution in [0.5, 0.6) is 5.75 Å². The Balaban J connectivity index is 1.76. The molecule has 0 aliphatic carbocycles. The van der Waals surface area contributed by atoms with Crippen LogP contribution >= 0.6 is 0 Å². The van der Waals surface area contributed by atoms with Crippen LogP contribution in [0, 0.1) is 6.92 Å². The molecular formula is C25H28N2O4S. The molecule has 0 aliphatic rings. The first-order valence-electron chi connectivity index (χ1n) is 10.4. The first kappa shape index (κ1) is 23.3. The Bertz CT molecular complexity index is 1140. The highest BCUT2D eigenvalue weighted by Crippen LogP contribution is 2.26. The second-order valence-electron chi connectivity index (χ2n) is 7.70. The third-order valence-corrected chi connectivity index (χ3v) is 6.56. The molecule has 0 atom stereocenters. The minimum absolute atomic E-state index is 0.0829. The van der Waals surface area contributed by atoms with Crippen molar-refractivity contribution >= 4 is 21.6 Å². The summed E-state index contributed by atoms with van der Waals surface area (Å²) in [6.07, 6.45) is 0.0829. The number of amides is 1. The lowest BCUT2D eigenvalue weighted by Gasteiger charge is -2.25. The van der Waals surface area contributed by atoms with E-state index in [-0.39, 0.29) is 24.1 Å². The minimum Gasteiger partial charge on any atom is -0.491 e. The third kappa shape index (κ3) is 5.88. The van der Waals surface area contributed by atoms with E-state index in [9.17, 15) is 13.2 Å². The summed E-state index contributed by atoms with van der Waals surface area (Å²) in [6.45, 7) is 5.70. The lowest BCUT2D eigenvalue weighted by Crippen LogP contribution is -2.41. The predicted molar refractivity (Wildman–Crippen MR) is 126 cm³/mol. The Kier molecular flexibility index (Phi) is 7.53. The van der Waals surface area contributed by atoms with Crippen LogP contribution in [0.2, 0.25) is 0 Å². The monoisotopic (exact) mass is 452 g/mol. The number of aryl methyl sites for hydroxylation is 1. The lowest BCUT2D eigenvalue weighted by molar-refractivity contribution is -0.119. The quantitative estimate of drug-likeness (QED) is 0.525. The topological polar surface area (TPSA) is 75.7 Å². The van der Waals surface area contributed by atoms with Gasteiger partial charge < -0.3 is 10.1 Å². The lowest BCUT2D eigenvalue weighted by atomic mass is 10.2. The molecule has 0 bridgehead atoms. The molecule has 1 amide bonds. The standard InChI is InChI=1S/C25H28N2O4S/c1-19(2)31-22-15-13-21(14-16-22)17-26-25(28)18-27(24-12-8-7-9-20(24)3)32(29,30)23-10-5-4-6-11-23/h4-16,19H,17-18H2,1-3H3,(H,26,28). The summed E-state index contributed by atoms with van der Waals surface area (Å²) in [4.78, 5) is 12.9. The number of hydrogen-bond donors (Lipinski definition) is 1. The third-order valence-electron chi connectivity index (χ3n) is 4.79. The molecule has 7 heteroatoms. The van der Waals surface area contributed by atoms with E-state index in [4.69, 9.17) is 4.74 Å². The number of nitrogens with zero attached hydrogens (tertiary/aromatic N) is 1. The summed E-state index contributed by atoms with van der Waals surface area (Å²) in [6, 6.07) is 22.7. The van der Waals surface area contributed by atoms with Gasteiger partial charge in [0.05, 0.1) is 16.7 Å². The number of anilines is 1. The number of benzene rings is 3. The van der Waals surface area contributed by atoms with Crippen molar-refractivity contribution in [3.63, 3.8) is 0 Å². The van der Waals surface area contributed by atoms with Gasteiger partial charge in [-0.1, -0.05) is 48.5 Å². The minimum atomic E-state index is -3.92. The molecule has 3 rings (SSSR count). The maximum atomic E-state index is 13.4. The van der Waals surface area contributed by atoms with Crippen LogP contribution in [0.15, 0.2) is 83.8 Å². The molecular weight excluding hydrogens is 424 g/mol. The molecule has 0 fully saturated rings. The molecule has 0 aromatic heterocycles. The number of sulfonamides is 1. The molecule has 0 unspecified atom stereocenters. The molecule has 0 spiro atoms. The summed E-state index contributed by atoms with van der Waals surface area (Å²) in [7, 11) is -3.92. The van der Waals surface area contributed by atoms with Gasteiger partial charge in [0, 0.05) is 6.54 Å². The van der Waals surface area contributed by atoms with Crippen molar-refractivity contribution in [3.05, 3.63) is 90.0 Å². The molecule has 0 radical (unpaired) electrons. The number of carbonyl (C=O) groups is 1. The van der Waals surface area contributed by atoms with Gasteiger partial charge in [0.1, 0.15) is 12.3 Å². The van der Waals surface area contributed by atoms with Gasteiger partial charge in [0.15, 0.2) is 0 Å². The van der Waals surface area contributed by atoms with Crippen molar-refractivity contribution in [3.8, 4) is 5.75 Å². The summed E-state index contributed by atoms with van der Waals surface area (Å²) >= 11 is 0. The maximum absolute atomic E-state index is 13.4. The van der Waals surface area contributed by atoms with Crippen LogP contribution in [0.25, 0.3) is 0 Å². The van der Waals surface area contributed by atoms with Crippen molar-refractivity contribution in [2.75, 3.05) is 10.8 Å². The van der Waals surface area contributed by atoms with Crippen LogP contribution in [0.4, 0.5) is 5.69 Å². The van der Waals surface area contributed by atoms with Gasteiger partial charge in [-0.05, 0) is 62.2 Å². The molecule has 0 heterocycles. The Morgan fingerprint density at radius 2 is 1.56 bits per heavy atom. The molecule has 3 aromatic carbocycles. The Hall–Kier alpha value is -3.32. The first-order chi connectivity index (χ1) is 15.3. The van der Waals surface area contributed by atoms with E-state index in [1.165, 1.54) is 12.1 Å². The van der Waals surface area contributed by atoms with Gasteiger partial charge >= 0.3 is 0 Å². The predicted octanol–water partition coefficient (Wildman–Crippen LogP) is 4.29. The van der Waals surface area contributed by atoms with E-state index >= 15 is 0 Å². The van der Waals surface area contributed by atoms with Crippen LogP contribution in [0.1, 0.15) is 25.0 Å². The fraction of sp³-hybridized carbons (Fsp3) is 0.240. The molecule has 0 aliphatic heterocycles. The average molecular weight is 453 g/mol. The van der Waals surface area contributed by atoms with Gasteiger partial charge in [-0.2, -0.15) is 0 Å². The van der Waals surface area contributed by atoms with Gasteiger partial charge in [-0.25, -0.2) is 8.42 Å². The highest BCUT2D eigenvalue weighted by Gasteiger charge is 2.27. The van der Waals surface area contributed by atoms with Gasteiger partial charge in [-0.3, -0.25) is 9.10 Å². The fourth-order valence-electron chi connectivity index (χ4n) is 3.21. The summed E-state index contributed by atoms with van der Waals surface area (Å²) in [5, 5.41) is 2.82. The van der Waals surface area contributed by atoms with Gasteiger partial charge in [-0.15, -0.1) is 0 Å². The van der Waals surface area contributed by atoms with Gasteiger partial charge in [0.25, 0.3) is 10.0 Å². The maximum Gasteiger partial charge on any atom is 0.264 e. The Labute approximate surface area is 189 Å². The number of para-hydroxylation sites is 1. The molecule has 0 saturated carbocycles. The van der Waals surface area contributed by atoms with Crippen molar-refractivity contribution < 1.29 is 17.9 Å². The van der Waals surface area contributed by atoms with Crippen molar-refractivity contribution in [1.82, 2.24) is 5.32 Å². The fourth-order valence-corrected chi connectivity index (χ4v) is 4.71. The number of hydrogen-bond acceptors (Lipinski definition) is 4. The zero-order chi connectivity index (χ0) is 23.1. The molecule has 1 N–H and O–H groups in total. The molecule has 32 heavy (non-hydrogen) atoms. The number of nitrogens with one attached hydrogen (secondary N) is 1. The summed E-state index contributed by atoms with van der Waals surface area (Å²) in [5.41, 5.74) is 2.13. The second kappa shape index (κ2) is 10.3. The SMILES string of the molecule is Cc1ccccc1N(CC(=O)NCc1ccc(OC(C)C)cc1)S(=O)(=O)c1ccccc1. The van der Waals surface area contributed by atoms with E-state index in [0.29, 0.717) is 5.69 Å². The largest absolute Gasteiger partial charge is 0.491 e.